The van der Waals surface area contributed by atoms with Crippen LogP contribution in [0.2, 0.25) is 0 Å². The second-order valence-electron chi connectivity index (χ2n) is 6.01. The van der Waals surface area contributed by atoms with E-state index in [0.717, 1.165) is 24.3 Å². The molecule has 1 N–H and O–H groups in total. The maximum atomic E-state index is 10.8. The standard InChI is InChI=1S/C17H25NO2/c1-2-13-8-4-3-7-11-18(13)15-12-20-16-10-6-5-9-14(16)17(15)19/h5-6,9-10,13,15,17,19H,2-4,7-8,11-12H2,1H3. The lowest BCUT2D eigenvalue weighted by atomic mass is 9.95. The fourth-order valence-corrected chi connectivity index (χ4v) is 3.68. The summed E-state index contributed by atoms with van der Waals surface area (Å²) < 4.78 is 5.89. The summed E-state index contributed by atoms with van der Waals surface area (Å²) in [5.74, 6) is 0.846. The number of ether oxygens (including phenoxy) is 1. The summed E-state index contributed by atoms with van der Waals surface area (Å²) in [6, 6.07) is 8.58. The molecular formula is C17H25NO2. The van der Waals surface area contributed by atoms with Gasteiger partial charge >= 0.3 is 0 Å². The SMILES string of the molecule is CCC1CCCCCN1C1COc2ccccc2C1O. The van der Waals surface area contributed by atoms with Crippen molar-refractivity contribution in [3.63, 3.8) is 0 Å². The molecule has 1 fully saturated rings. The number of hydrogen-bond acceptors (Lipinski definition) is 3. The zero-order chi connectivity index (χ0) is 13.9. The van der Waals surface area contributed by atoms with E-state index in [4.69, 9.17) is 4.74 Å². The maximum Gasteiger partial charge on any atom is 0.125 e. The van der Waals surface area contributed by atoms with Crippen molar-refractivity contribution in [2.24, 2.45) is 0 Å². The monoisotopic (exact) mass is 275 g/mol. The van der Waals surface area contributed by atoms with Crippen LogP contribution in [0.1, 0.15) is 50.7 Å². The topological polar surface area (TPSA) is 32.7 Å². The van der Waals surface area contributed by atoms with E-state index in [0.29, 0.717) is 12.6 Å². The molecule has 1 saturated heterocycles. The molecule has 2 heterocycles. The van der Waals surface area contributed by atoms with Crippen LogP contribution in [-0.2, 0) is 0 Å². The molecule has 0 aromatic heterocycles. The third kappa shape index (κ3) is 2.57. The fourth-order valence-electron chi connectivity index (χ4n) is 3.68. The Balaban J connectivity index is 1.83. The molecule has 3 unspecified atom stereocenters. The lowest BCUT2D eigenvalue weighted by Crippen LogP contribution is -2.50. The Morgan fingerprint density at radius 1 is 1.25 bits per heavy atom. The predicted molar refractivity (Wildman–Crippen MR) is 79.9 cm³/mol. The highest BCUT2D eigenvalue weighted by molar-refractivity contribution is 5.37. The van der Waals surface area contributed by atoms with E-state index < -0.39 is 6.10 Å². The molecule has 3 atom stereocenters. The van der Waals surface area contributed by atoms with Crippen LogP contribution in [0.3, 0.4) is 0 Å². The van der Waals surface area contributed by atoms with Gasteiger partial charge in [-0.15, -0.1) is 0 Å². The largest absolute Gasteiger partial charge is 0.491 e. The Morgan fingerprint density at radius 3 is 2.95 bits per heavy atom. The molecule has 3 rings (SSSR count). The summed E-state index contributed by atoms with van der Waals surface area (Å²) in [6.45, 7) is 3.95. The summed E-state index contributed by atoms with van der Waals surface area (Å²) >= 11 is 0. The van der Waals surface area contributed by atoms with Crippen LogP contribution in [0.15, 0.2) is 24.3 Å². The Kier molecular flexibility index (Phi) is 4.27. The quantitative estimate of drug-likeness (QED) is 0.900. The van der Waals surface area contributed by atoms with Crippen molar-refractivity contribution in [2.75, 3.05) is 13.2 Å². The van der Waals surface area contributed by atoms with Gasteiger partial charge in [-0.05, 0) is 31.9 Å². The first-order chi connectivity index (χ1) is 9.81. The molecule has 0 bridgehead atoms. The third-order valence-corrected chi connectivity index (χ3v) is 4.83. The van der Waals surface area contributed by atoms with Crippen molar-refractivity contribution in [1.82, 2.24) is 4.90 Å². The van der Waals surface area contributed by atoms with E-state index in [1.54, 1.807) is 0 Å². The molecule has 2 aliphatic heterocycles. The molecular weight excluding hydrogens is 250 g/mol. The number of hydrogen-bond donors (Lipinski definition) is 1. The molecule has 0 amide bonds. The molecule has 1 aromatic carbocycles. The molecule has 0 radical (unpaired) electrons. The van der Waals surface area contributed by atoms with E-state index in [9.17, 15) is 5.11 Å². The zero-order valence-electron chi connectivity index (χ0n) is 12.3. The molecule has 3 heteroatoms. The van der Waals surface area contributed by atoms with Gasteiger partial charge in [0.15, 0.2) is 0 Å². The van der Waals surface area contributed by atoms with Crippen LogP contribution in [0.5, 0.6) is 5.75 Å². The van der Waals surface area contributed by atoms with Gasteiger partial charge in [-0.3, -0.25) is 4.90 Å². The molecule has 0 spiro atoms. The number of likely N-dealkylation sites (tertiary alicyclic amines) is 1. The lowest BCUT2D eigenvalue weighted by molar-refractivity contribution is -0.0163. The summed E-state index contributed by atoms with van der Waals surface area (Å²) in [4.78, 5) is 2.51. The first-order valence-corrected chi connectivity index (χ1v) is 7.96. The molecule has 110 valence electrons. The fraction of sp³-hybridized carbons (Fsp3) is 0.647. The molecule has 1 aromatic rings. The van der Waals surface area contributed by atoms with Crippen LogP contribution < -0.4 is 4.74 Å². The van der Waals surface area contributed by atoms with Crippen LogP contribution in [0.25, 0.3) is 0 Å². The van der Waals surface area contributed by atoms with Gasteiger partial charge in [0.1, 0.15) is 18.5 Å². The minimum atomic E-state index is -0.424. The van der Waals surface area contributed by atoms with Crippen molar-refractivity contribution in [1.29, 1.82) is 0 Å². The van der Waals surface area contributed by atoms with Crippen molar-refractivity contribution >= 4 is 0 Å². The van der Waals surface area contributed by atoms with Gasteiger partial charge < -0.3 is 9.84 Å². The summed E-state index contributed by atoms with van der Waals surface area (Å²) in [5, 5.41) is 10.8. The summed E-state index contributed by atoms with van der Waals surface area (Å²) in [6.07, 6.45) is 5.85. The normalized spacial score (nSPS) is 31.2. The van der Waals surface area contributed by atoms with Gasteiger partial charge in [-0.25, -0.2) is 0 Å². The number of aliphatic hydroxyl groups excluding tert-OH is 1. The average Bonchev–Trinajstić information content (AvgIpc) is 2.73. The van der Waals surface area contributed by atoms with Gasteiger partial charge in [0, 0.05) is 11.6 Å². The van der Waals surface area contributed by atoms with Crippen molar-refractivity contribution in [2.45, 2.75) is 57.2 Å². The Bertz CT molecular complexity index is 448. The average molecular weight is 275 g/mol. The third-order valence-electron chi connectivity index (χ3n) is 4.83. The van der Waals surface area contributed by atoms with Gasteiger partial charge in [-0.2, -0.15) is 0 Å². The molecule has 3 nitrogen and oxygen atoms in total. The lowest BCUT2D eigenvalue weighted by Gasteiger charge is -2.41. The number of nitrogens with zero attached hydrogens (tertiary/aromatic N) is 1. The minimum Gasteiger partial charge on any atom is -0.491 e. The van der Waals surface area contributed by atoms with E-state index in [1.807, 2.05) is 24.3 Å². The van der Waals surface area contributed by atoms with Crippen molar-refractivity contribution in [3.8, 4) is 5.75 Å². The number of rotatable bonds is 2. The first kappa shape index (κ1) is 13.9. The van der Waals surface area contributed by atoms with E-state index in [-0.39, 0.29) is 6.04 Å². The zero-order valence-corrected chi connectivity index (χ0v) is 12.3. The van der Waals surface area contributed by atoms with Gasteiger partial charge in [0.2, 0.25) is 0 Å². The van der Waals surface area contributed by atoms with Crippen LogP contribution >= 0.6 is 0 Å². The Morgan fingerprint density at radius 2 is 2.10 bits per heavy atom. The van der Waals surface area contributed by atoms with Crippen molar-refractivity contribution < 1.29 is 9.84 Å². The molecule has 0 saturated carbocycles. The van der Waals surface area contributed by atoms with Crippen LogP contribution in [0.4, 0.5) is 0 Å². The highest BCUT2D eigenvalue weighted by Gasteiger charge is 2.36. The molecule has 0 aliphatic carbocycles. The van der Waals surface area contributed by atoms with Crippen LogP contribution in [-0.4, -0.2) is 35.2 Å². The van der Waals surface area contributed by atoms with Gasteiger partial charge in [-0.1, -0.05) is 38.0 Å². The Labute approximate surface area is 121 Å². The van der Waals surface area contributed by atoms with E-state index in [2.05, 4.69) is 11.8 Å². The smallest absolute Gasteiger partial charge is 0.125 e. The predicted octanol–water partition coefficient (Wildman–Crippen LogP) is 3.14. The maximum absolute atomic E-state index is 10.8. The summed E-state index contributed by atoms with van der Waals surface area (Å²) in [7, 11) is 0. The number of fused-ring (bicyclic) bond motifs is 1. The summed E-state index contributed by atoms with van der Waals surface area (Å²) in [5.41, 5.74) is 0.947. The molecule has 20 heavy (non-hydrogen) atoms. The van der Waals surface area contributed by atoms with E-state index in [1.165, 1.54) is 25.7 Å². The van der Waals surface area contributed by atoms with E-state index >= 15 is 0 Å². The highest BCUT2D eigenvalue weighted by Crippen LogP contribution is 2.36. The number of benzene rings is 1. The molecule has 2 aliphatic rings. The second kappa shape index (κ2) is 6.15. The first-order valence-electron chi connectivity index (χ1n) is 7.96. The Hall–Kier alpha value is -1.06. The highest BCUT2D eigenvalue weighted by atomic mass is 16.5. The minimum absolute atomic E-state index is 0.105. The van der Waals surface area contributed by atoms with Gasteiger partial charge in [0.05, 0.1) is 6.04 Å². The van der Waals surface area contributed by atoms with Crippen LogP contribution in [0, 0.1) is 0 Å². The van der Waals surface area contributed by atoms with Crippen molar-refractivity contribution in [3.05, 3.63) is 29.8 Å². The number of para-hydroxylation sites is 1. The number of aliphatic hydroxyl groups is 1. The second-order valence-corrected chi connectivity index (χ2v) is 6.01. The van der Waals surface area contributed by atoms with Gasteiger partial charge in [0.25, 0.3) is 0 Å².